The normalized spacial score (nSPS) is 11.0. The minimum absolute atomic E-state index is 0.158. The van der Waals surface area contributed by atoms with E-state index in [4.69, 9.17) is 4.74 Å². The largest absolute Gasteiger partial charge is 0.444 e. The predicted molar refractivity (Wildman–Crippen MR) is 83.7 cm³/mol. The van der Waals surface area contributed by atoms with Gasteiger partial charge in [0, 0.05) is 11.7 Å². The maximum absolute atomic E-state index is 11.9. The topological polar surface area (TPSA) is 73.2 Å². The summed E-state index contributed by atoms with van der Waals surface area (Å²) in [6, 6.07) is 10.9. The van der Waals surface area contributed by atoms with E-state index < -0.39 is 11.8 Å². The molecule has 0 fully saturated rings. The molecular weight excluding hydrogens is 282 g/mol. The number of hydrogen-bond donors (Lipinski definition) is 1. The second-order valence-electron chi connectivity index (χ2n) is 5.82. The highest BCUT2D eigenvalue weighted by Gasteiger charge is 2.15. The Kier molecular flexibility index (Phi) is 4.60. The fraction of sp³-hybridized carbons (Fsp3) is 0.312. The van der Waals surface area contributed by atoms with E-state index >= 15 is 0 Å². The number of ether oxygens (including phenoxy) is 1. The number of carbonyl (C=O) groups is 1. The summed E-state index contributed by atoms with van der Waals surface area (Å²) in [6.45, 7) is 5.86. The first-order valence-corrected chi connectivity index (χ1v) is 6.94. The molecular formula is C16H19N3O3. The van der Waals surface area contributed by atoms with Gasteiger partial charge < -0.3 is 4.74 Å². The minimum atomic E-state index is -0.649. The van der Waals surface area contributed by atoms with Crippen molar-refractivity contribution in [1.29, 1.82) is 0 Å². The first-order valence-electron chi connectivity index (χ1n) is 6.94. The lowest BCUT2D eigenvalue weighted by molar-refractivity contribution is 0.155. The molecule has 0 saturated carbocycles. The van der Waals surface area contributed by atoms with Crippen molar-refractivity contribution in [1.82, 2.24) is 9.55 Å². The smallest absolute Gasteiger partial charge is 0.413 e. The molecule has 1 aromatic heterocycles. The maximum Gasteiger partial charge on any atom is 0.413 e. The summed E-state index contributed by atoms with van der Waals surface area (Å²) in [5, 5.41) is 2.45. The van der Waals surface area contributed by atoms with Gasteiger partial charge in [-0.25, -0.2) is 9.59 Å². The summed E-state index contributed by atoms with van der Waals surface area (Å²) in [5.74, 6) is 0.170. The number of anilines is 1. The first-order chi connectivity index (χ1) is 10.4. The molecule has 1 heterocycles. The van der Waals surface area contributed by atoms with Crippen LogP contribution in [0.4, 0.5) is 10.6 Å². The lowest BCUT2D eigenvalue weighted by atomic mass is 10.1. The van der Waals surface area contributed by atoms with Crippen LogP contribution in [0.3, 0.4) is 0 Å². The minimum Gasteiger partial charge on any atom is -0.444 e. The van der Waals surface area contributed by atoms with Crippen LogP contribution in [0.2, 0.25) is 0 Å². The average molecular weight is 301 g/mol. The number of carbonyl (C=O) groups excluding carboxylic acids is 1. The van der Waals surface area contributed by atoms with Crippen molar-refractivity contribution in [2.45, 2.75) is 32.9 Å². The Hall–Kier alpha value is -2.63. The molecule has 0 saturated heterocycles. The molecule has 0 radical (unpaired) electrons. The van der Waals surface area contributed by atoms with Crippen molar-refractivity contribution < 1.29 is 9.53 Å². The standard InChI is InChI=1S/C16H19N3O3/c1-16(2,3)19-10-9-13(17-14(19)20)18-15(21)22-11-12-7-5-4-6-8-12/h4-10H,11H2,1-3H3,(H,17,18,20,21). The van der Waals surface area contributed by atoms with Crippen molar-refractivity contribution in [3.05, 3.63) is 58.6 Å². The lowest BCUT2D eigenvalue weighted by Crippen LogP contribution is -2.35. The Balaban J connectivity index is 1.97. The van der Waals surface area contributed by atoms with E-state index in [0.29, 0.717) is 0 Å². The summed E-state index contributed by atoms with van der Waals surface area (Å²) in [4.78, 5) is 27.4. The number of amides is 1. The zero-order valence-electron chi connectivity index (χ0n) is 12.9. The molecule has 2 rings (SSSR count). The Morgan fingerprint density at radius 3 is 2.50 bits per heavy atom. The van der Waals surface area contributed by atoms with Crippen LogP contribution in [0.5, 0.6) is 0 Å². The third kappa shape index (κ3) is 4.18. The van der Waals surface area contributed by atoms with Crippen LogP contribution in [0.1, 0.15) is 26.3 Å². The zero-order chi connectivity index (χ0) is 16.2. The van der Waals surface area contributed by atoms with Crippen molar-refractivity contribution in [2.75, 3.05) is 5.32 Å². The van der Waals surface area contributed by atoms with Gasteiger partial charge in [0.2, 0.25) is 0 Å². The molecule has 1 N–H and O–H groups in total. The van der Waals surface area contributed by atoms with Crippen molar-refractivity contribution in [3.8, 4) is 0 Å². The number of nitrogens with one attached hydrogen (secondary N) is 1. The van der Waals surface area contributed by atoms with Crippen LogP contribution in [0, 0.1) is 0 Å². The van der Waals surface area contributed by atoms with E-state index in [1.54, 1.807) is 12.3 Å². The monoisotopic (exact) mass is 301 g/mol. The highest BCUT2D eigenvalue weighted by molar-refractivity contribution is 5.83. The molecule has 0 aliphatic heterocycles. The molecule has 2 aromatic rings. The van der Waals surface area contributed by atoms with E-state index in [1.165, 1.54) is 4.57 Å². The predicted octanol–water partition coefficient (Wildman–Crippen LogP) is 2.75. The quantitative estimate of drug-likeness (QED) is 0.946. The highest BCUT2D eigenvalue weighted by Crippen LogP contribution is 2.11. The fourth-order valence-electron chi connectivity index (χ4n) is 1.85. The Morgan fingerprint density at radius 2 is 1.91 bits per heavy atom. The lowest BCUT2D eigenvalue weighted by Gasteiger charge is -2.21. The van der Waals surface area contributed by atoms with Gasteiger partial charge in [-0.1, -0.05) is 30.3 Å². The van der Waals surface area contributed by atoms with Crippen LogP contribution in [0.15, 0.2) is 47.4 Å². The molecule has 0 atom stereocenters. The van der Waals surface area contributed by atoms with Gasteiger partial charge in [-0.15, -0.1) is 0 Å². The van der Waals surface area contributed by atoms with E-state index in [9.17, 15) is 9.59 Å². The van der Waals surface area contributed by atoms with E-state index in [1.807, 2.05) is 51.1 Å². The third-order valence-corrected chi connectivity index (χ3v) is 2.97. The molecule has 6 heteroatoms. The molecule has 0 unspecified atom stereocenters. The van der Waals surface area contributed by atoms with Crippen molar-refractivity contribution in [3.63, 3.8) is 0 Å². The van der Waals surface area contributed by atoms with Gasteiger partial charge in [0.1, 0.15) is 12.4 Å². The van der Waals surface area contributed by atoms with Crippen molar-refractivity contribution >= 4 is 11.9 Å². The fourth-order valence-corrected chi connectivity index (χ4v) is 1.85. The average Bonchev–Trinajstić information content (AvgIpc) is 2.45. The summed E-state index contributed by atoms with van der Waals surface area (Å²) >= 11 is 0. The van der Waals surface area contributed by atoms with E-state index in [2.05, 4.69) is 10.3 Å². The van der Waals surface area contributed by atoms with Crippen LogP contribution in [-0.2, 0) is 16.9 Å². The second-order valence-corrected chi connectivity index (χ2v) is 5.82. The molecule has 1 amide bonds. The van der Waals surface area contributed by atoms with Crippen LogP contribution in [-0.4, -0.2) is 15.6 Å². The summed E-state index contributed by atoms with van der Waals surface area (Å²) in [6.07, 6.45) is 0.951. The number of aromatic nitrogens is 2. The number of benzene rings is 1. The van der Waals surface area contributed by atoms with Gasteiger partial charge in [-0.3, -0.25) is 9.88 Å². The Bertz CT molecular complexity index is 703. The molecule has 6 nitrogen and oxygen atoms in total. The third-order valence-electron chi connectivity index (χ3n) is 2.97. The van der Waals surface area contributed by atoms with Gasteiger partial charge >= 0.3 is 11.8 Å². The molecule has 116 valence electrons. The molecule has 22 heavy (non-hydrogen) atoms. The SMILES string of the molecule is CC(C)(C)n1ccc(NC(=O)OCc2ccccc2)nc1=O. The van der Waals surface area contributed by atoms with Crippen LogP contribution < -0.4 is 11.0 Å². The zero-order valence-corrected chi connectivity index (χ0v) is 12.9. The second kappa shape index (κ2) is 6.43. The van der Waals surface area contributed by atoms with Gasteiger partial charge in [0.15, 0.2) is 0 Å². The van der Waals surface area contributed by atoms with Crippen LogP contribution in [0.25, 0.3) is 0 Å². The molecule has 0 spiro atoms. The Labute approximate surface area is 128 Å². The summed E-state index contributed by atoms with van der Waals surface area (Å²) < 4.78 is 6.56. The van der Waals surface area contributed by atoms with Crippen molar-refractivity contribution in [2.24, 2.45) is 0 Å². The van der Waals surface area contributed by atoms with Crippen LogP contribution >= 0.6 is 0 Å². The van der Waals surface area contributed by atoms with Gasteiger partial charge in [-0.05, 0) is 32.4 Å². The molecule has 0 aliphatic rings. The molecule has 0 bridgehead atoms. The molecule has 1 aromatic carbocycles. The summed E-state index contributed by atoms with van der Waals surface area (Å²) in [7, 11) is 0. The highest BCUT2D eigenvalue weighted by atomic mass is 16.5. The van der Waals surface area contributed by atoms with Gasteiger partial charge in [0.25, 0.3) is 0 Å². The molecule has 0 aliphatic carbocycles. The van der Waals surface area contributed by atoms with Gasteiger partial charge in [-0.2, -0.15) is 4.98 Å². The first kappa shape index (κ1) is 15.8. The van der Waals surface area contributed by atoms with Gasteiger partial charge in [0.05, 0.1) is 0 Å². The number of hydrogen-bond acceptors (Lipinski definition) is 4. The number of rotatable bonds is 3. The summed E-state index contributed by atoms with van der Waals surface area (Å²) in [5.41, 5.74) is 0.0956. The Morgan fingerprint density at radius 1 is 1.23 bits per heavy atom. The number of nitrogens with zero attached hydrogens (tertiary/aromatic N) is 2. The van der Waals surface area contributed by atoms with E-state index in [-0.39, 0.29) is 18.0 Å². The van der Waals surface area contributed by atoms with E-state index in [0.717, 1.165) is 5.56 Å². The maximum atomic E-state index is 11.9.